The summed E-state index contributed by atoms with van der Waals surface area (Å²) >= 11 is 6.27. The lowest BCUT2D eigenvalue weighted by molar-refractivity contribution is 0.0985. The van der Waals surface area contributed by atoms with Gasteiger partial charge in [0.15, 0.2) is 0 Å². The second-order valence-electron chi connectivity index (χ2n) is 8.28. The molecule has 0 saturated heterocycles. The van der Waals surface area contributed by atoms with E-state index >= 15 is 0 Å². The first-order chi connectivity index (χ1) is 16.0. The molecule has 1 aromatic heterocycles. The lowest BCUT2D eigenvalue weighted by Gasteiger charge is -2.24. The Balaban J connectivity index is 1.55. The number of halogens is 1. The van der Waals surface area contributed by atoms with Crippen molar-refractivity contribution in [3.05, 3.63) is 88.1 Å². The number of carbonyl (C=O) groups is 2. The van der Waals surface area contributed by atoms with Crippen LogP contribution in [0.5, 0.6) is 0 Å². The van der Waals surface area contributed by atoms with E-state index in [2.05, 4.69) is 10.3 Å². The maximum Gasteiger partial charge on any atom is 0.259 e. The summed E-state index contributed by atoms with van der Waals surface area (Å²) in [5.74, 6) is 0.310. The first-order valence-electron chi connectivity index (χ1n) is 11.1. The summed E-state index contributed by atoms with van der Waals surface area (Å²) in [5, 5.41) is 3.45. The Morgan fingerprint density at radius 2 is 2.00 bits per heavy atom. The number of aryl methyl sites for hydroxylation is 1. The average Bonchev–Trinajstić information content (AvgIpc) is 2.99. The van der Waals surface area contributed by atoms with Gasteiger partial charge in [-0.2, -0.15) is 0 Å². The van der Waals surface area contributed by atoms with Gasteiger partial charge in [-0.05, 0) is 86.2 Å². The van der Waals surface area contributed by atoms with Crippen LogP contribution in [0.1, 0.15) is 57.0 Å². The normalized spacial score (nSPS) is 15.5. The van der Waals surface area contributed by atoms with Gasteiger partial charge in [0.2, 0.25) is 0 Å². The molecule has 4 rings (SSSR count). The molecule has 0 bridgehead atoms. The van der Waals surface area contributed by atoms with Crippen LogP contribution in [0.4, 0.5) is 11.5 Å². The van der Waals surface area contributed by atoms with E-state index < -0.39 is 0 Å². The number of pyridine rings is 1. The predicted octanol–water partition coefficient (Wildman–Crippen LogP) is 5.17. The fourth-order valence-corrected chi connectivity index (χ4v) is 4.52. The lowest BCUT2D eigenvalue weighted by atomic mass is 9.91. The van der Waals surface area contributed by atoms with Crippen LogP contribution in [0.3, 0.4) is 0 Å². The molecule has 3 aromatic rings. The van der Waals surface area contributed by atoms with Crippen molar-refractivity contribution < 1.29 is 9.59 Å². The molecule has 0 aliphatic carbocycles. The predicted molar refractivity (Wildman–Crippen MR) is 132 cm³/mol. The molecule has 1 unspecified atom stereocenters. The first-order valence-corrected chi connectivity index (χ1v) is 11.5. The van der Waals surface area contributed by atoms with E-state index in [0.29, 0.717) is 35.1 Å². The number of fused-ring (bicyclic) bond motifs is 1. The second-order valence-corrected chi connectivity index (χ2v) is 8.71. The monoisotopic (exact) mass is 462 g/mol. The minimum atomic E-state index is -0.232. The quantitative estimate of drug-likeness (QED) is 0.547. The van der Waals surface area contributed by atoms with Crippen molar-refractivity contribution in [2.45, 2.75) is 32.1 Å². The molecule has 0 radical (unpaired) electrons. The zero-order valence-electron chi connectivity index (χ0n) is 18.6. The molecule has 3 N–H and O–H groups in total. The molecule has 0 saturated carbocycles. The molecule has 33 heavy (non-hydrogen) atoms. The zero-order valence-corrected chi connectivity index (χ0v) is 19.3. The average molecular weight is 463 g/mol. The Bertz CT molecular complexity index is 1160. The summed E-state index contributed by atoms with van der Waals surface area (Å²) in [7, 11) is 0. The molecular formula is C26H27ClN4O2. The maximum atomic E-state index is 13.4. The highest BCUT2D eigenvalue weighted by molar-refractivity contribution is 6.30. The number of benzene rings is 2. The number of anilines is 2. The van der Waals surface area contributed by atoms with Gasteiger partial charge in [-0.1, -0.05) is 29.8 Å². The molecule has 0 spiro atoms. The van der Waals surface area contributed by atoms with Gasteiger partial charge in [-0.3, -0.25) is 9.59 Å². The number of nitrogens with one attached hydrogen (secondary N) is 1. The highest BCUT2D eigenvalue weighted by Crippen LogP contribution is 2.38. The molecule has 6 nitrogen and oxygen atoms in total. The van der Waals surface area contributed by atoms with E-state index in [4.69, 9.17) is 17.3 Å². The molecule has 0 fully saturated rings. The topological polar surface area (TPSA) is 88.3 Å². The number of hydrogen-bond donors (Lipinski definition) is 2. The van der Waals surface area contributed by atoms with Crippen LogP contribution in [0.15, 0.2) is 60.8 Å². The Morgan fingerprint density at radius 1 is 1.18 bits per heavy atom. The van der Waals surface area contributed by atoms with Gasteiger partial charge in [-0.25, -0.2) is 4.98 Å². The van der Waals surface area contributed by atoms with E-state index in [9.17, 15) is 9.59 Å². The fraction of sp³-hybridized carbons (Fsp3) is 0.269. The minimum Gasteiger partial charge on any atom is -0.330 e. The summed E-state index contributed by atoms with van der Waals surface area (Å²) < 4.78 is 0. The summed E-state index contributed by atoms with van der Waals surface area (Å²) in [6, 6.07) is 16.4. The molecule has 1 atom stereocenters. The van der Waals surface area contributed by atoms with Crippen LogP contribution < -0.4 is 16.0 Å². The minimum absolute atomic E-state index is 0.128. The third-order valence-corrected chi connectivity index (χ3v) is 6.29. The van der Waals surface area contributed by atoms with Crippen molar-refractivity contribution in [2.75, 3.05) is 23.3 Å². The molecule has 2 aromatic carbocycles. The maximum absolute atomic E-state index is 13.4. The summed E-state index contributed by atoms with van der Waals surface area (Å²) in [6.45, 7) is 3.08. The highest BCUT2D eigenvalue weighted by atomic mass is 35.5. The van der Waals surface area contributed by atoms with Crippen LogP contribution >= 0.6 is 11.6 Å². The van der Waals surface area contributed by atoms with Crippen molar-refractivity contribution in [1.29, 1.82) is 0 Å². The van der Waals surface area contributed by atoms with Gasteiger partial charge in [0.05, 0.1) is 5.56 Å². The van der Waals surface area contributed by atoms with E-state index in [1.54, 1.807) is 23.1 Å². The van der Waals surface area contributed by atoms with Gasteiger partial charge in [0.25, 0.3) is 11.8 Å². The Labute approximate surface area is 198 Å². The molecule has 170 valence electrons. The number of carbonyl (C=O) groups excluding carboxylic acids is 2. The molecule has 1 aliphatic heterocycles. The highest BCUT2D eigenvalue weighted by Gasteiger charge is 2.27. The molecular weight excluding hydrogens is 436 g/mol. The van der Waals surface area contributed by atoms with Crippen LogP contribution in [0.25, 0.3) is 0 Å². The third kappa shape index (κ3) is 5.07. The number of nitrogens with two attached hydrogens (primary N) is 1. The van der Waals surface area contributed by atoms with Crippen molar-refractivity contribution in [3.63, 3.8) is 0 Å². The van der Waals surface area contributed by atoms with Gasteiger partial charge in [-0.15, -0.1) is 0 Å². The zero-order chi connectivity index (χ0) is 23.4. The van der Waals surface area contributed by atoms with Gasteiger partial charge >= 0.3 is 0 Å². The van der Waals surface area contributed by atoms with Crippen molar-refractivity contribution in [3.8, 4) is 0 Å². The van der Waals surface area contributed by atoms with E-state index in [-0.39, 0.29) is 17.7 Å². The number of hydrogen-bond acceptors (Lipinski definition) is 4. The third-order valence-electron chi connectivity index (χ3n) is 6.06. The van der Waals surface area contributed by atoms with E-state index in [0.717, 1.165) is 36.1 Å². The molecule has 2 amide bonds. The smallest absolute Gasteiger partial charge is 0.259 e. The van der Waals surface area contributed by atoms with Crippen LogP contribution in [0, 0.1) is 6.92 Å². The molecule has 7 heteroatoms. The summed E-state index contributed by atoms with van der Waals surface area (Å²) in [4.78, 5) is 32.1. The molecule has 1 aliphatic rings. The van der Waals surface area contributed by atoms with Crippen LogP contribution in [0.2, 0.25) is 5.02 Å². The van der Waals surface area contributed by atoms with Crippen LogP contribution in [-0.4, -0.2) is 29.9 Å². The Kier molecular flexibility index (Phi) is 7.06. The second kappa shape index (κ2) is 10.1. The van der Waals surface area contributed by atoms with Crippen molar-refractivity contribution >= 4 is 34.9 Å². The largest absolute Gasteiger partial charge is 0.330 e. The van der Waals surface area contributed by atoms with Gasteiger partial charge in [0, 0.05) is 29.0 Å². The Morgan fingerprint density at radius 3 is 2.73 bits per heavy atom. The summed E-state index contributed by atoms with van der Waals surface area (Å²) in [6.07, 6.45) is 4.19. The Hall–Kier alpha value is -3.22. The number of aromatic nitrogens is 1. The van der Waals surface area contributed by atoms with Gasteiger partial charge < -0.3 is 16.0 Å². The van der Waals surface area contributed by atoms with E-state index in [1.807, 2.05) is 43.3 Å². The van der Waals surface area contributed by atoms with Crippen molar-refractivity contribution in [2.24, 2.45) is 5.73 Å². The standard InChI is InChI=1S/C26H27ClN4O2/c1-17-5-2-3-7-21(17)25(32)30-24-11-8-19(16-29-24)26(33)31-14-4-6-18(12-13-28)22-15-20(27)9-10-23(22)31/h2-3,5,7-11,15-16,18H,4,6,12-14,28H2,1H3,(H,29,30,32). The van der Waals surface area contributed by atoms with E-state index in [1.165, 1.54) is 6.20 Å². The van der Waals surface area contributed by atoms with Crippen LogP contribution in [-0.2, 0) is 0 Å². The SMILES string of the molecule is Cc1ccccc1C(=O)Nc1ccc(C(=O)N2CCCC(CCN)c3cc(Cl)ccc32)cn1. The number of amides is 2. The van der Waals surface area contributed by atoms with Crippen molar-refractivity contribution in [1.82, 2.24) is 4.98 Å². The number of nitrogens with zero attached hydrogens (tertiary/aromatic N) is 2. The van der Waals surface area contributed by atoms with Gasteiger partial charge in [0.1, 0.15) is 5.82 Å². The number of rotatable bonds is 5. The lowest BCUT2D eigenvalue weighted by Crippen LogP contribution is -2.32. The first kappa shape index (κ1) is 23.0. The summed E-state index contributed by atoms with van der Waals surface area (Å²) in [5.41, 5.74) is 9.70. The fourth-order valence-electron chi connectivity index (χ4n) is 4.34. The molecule has 2 heterocycles.